The molecule has 0 unspecified atom stereocenters. The van der Waals surface area contributed by atoms with Crippen molar-refractivity contribution in [3.8, 4) is 0 Å². The summed E-state index contributed by atoms with van der Waals surface area (Å²) in [6.45, 7) is 2.08. The second-order valence-corrected chi connectivity index (χ2v) is 10.6. The van der Waals surface area contributed by atoms with Crippen molar-refractivity contribution < 1.29 is 8.42 Å². The fourth-order valence-corrected chi connectivity index (χ4v) is 4.86. The zero-order valence-corrected chi connectivity index (χ0v) is 19.6. The van der Waals surface area contributed by atoms with Gasteiger partial charge in [0.2, 0.25) is 10.0 Å². The minimum absolute atomic E-state index is 0.248. The van der Waals surface area contributed by atoms with E-state index in [1.165, 1.54) is 18.4 Å². The maximum atomic E-state index is 12.3. The topological polar surface area (TPSA) is 118 Å². The van der Waals surface area contributed by atoms with Crippen LogP contribution in [0.25, 0.3) is 5.65 Å². The van der Waals surface area contributed by atoms with Crippen LogP contribution in [0.3, 0.4) is 0 Å². The number of benzene rings is 1. The molecule has 0 bridgehead atoms. The molecule has 32 heavy (non-hydrogen) atoms. The van der Waals surface area contributed by atoms with Gasteiger partial charge in [0, 0.05) is 43.5 Å². The van der Waals surface area contributed by atoms with Gasteiger partial charge >= 0.3 is 0 Å². The van der Waals surface area contributed by atoms with Crippen LogP contribution < -0.4 is 16.4 Å². The van der Waals surface area contributed by atoms with E-state index in [1.54, 1.807) is 28.8 Å². The van der Waals surface area contributed by atoms with Gasteiger partial charge in [-0.3, -0.25) is 0 Å². The SMILES string of the molecule is CCc1cnn2c(Nc3ccc(S(=O)(=O)N(C)C)cc3)cc(NC3CCC(N)CC3)nc12. The molecule has 3 aromatic rings. The third kappa shape index (κ3) is 4.57. The monoisotopic (exact) mass is 457 g/mol. The van der Waals surface area contributed by atoms with Crippen molar-refractivity contribution in [1.29, 1.82) is 0 Å². The summed E-state index contributed by atoms with van der Waals surface area (Å²) in [7, 11) is -0.428. The molecule has 0 amide bonds. The van der Waals surface area contributed by atoms with Gasteiger partial charge in [-0.15, -0.1) is 0 Å². The van der Waals surface area contributed by atoms with Crippen molar-refractivity contribution in [3.05, 3.63) is 42.1 Å². The lowest BCUT2D eigenvalue weighted by atomic mass is 9.92. The van der Waals surface area contributed by atoms with Crippen LogP contribution >= 0.6 is 0 Å². The zero-order chi connectivity index (χ0) is 22.9. The number of hydrogen-bond donors (Lipinski definition) is 3. The van der Waals surface area contributed by atoms with Crippen LogP contribution in [0.1, 0.15) is 38.2 Å². The fraction of sp³-hybridized carbons (Fsp3) is 0.455. The van der Waals surface area contributed by atoms with Crippen molar-refractivity contribution in [2.45, 2.75) is 56.0 Å². The Hall–Kier alpha value is -2.69. The van der Waals surface area contributed by atoms with Crippen molar-refractivity contribution in [3.63, 3.8) is 0 Å². The van der Waals surface area contributed by atoms with Crippen LogP contribution in [-0.2, 0) is 16.4 Å². The maximum absolute atomic E-state index is 12.3. The normalized spacial score (nSPS) is 19.4. The molecule has 4 N–H and O–H groups in total. The van der Waals surface area contributed by atoms with E-state index in [-0.39, 0.29) is 4.90 Å². The second-order valence-electron chi connectivity index (χ2n) is 8.48. The van der Waals surface area contributed by atoms with Crippen molar-refractivity contribution in [2.24, 2.45) is 5.73 Å². The molecule has 2 heterocycles. The molecule has 0 saturated heterocycles. The van der Waals surface area contributed by atoms with Gasteiger partial charge < -0.3 is 16.4 Å². The molecule has 9 nitrogen and oxygen atoms in total. The van der Waals surface area contributed by atoms with Gasteiger partial charge in [0.05, 0.1) is 11.1 Å². The molecule has 1 aliphatic carbocycles. The molecule has 4 rings (SSSR count). The van der Waals surface area contributed by atoms with Gasteiger partial charge in [0.15, 0.2) is 5.65 Å². The van der Waals surface area contributed by atoms with Crippen LogP contribution in [0.5, 0.6) is 0 Å². The van der Waals surface area contributed by atoms with Gasteiger partial charge in [-0.2, -0.15) is 9.61 Å². The lowest BCUT2D eigenvalue weighted by molar-refractivity contribution is 0.410. The Morgan fingerprint density at radius 1 is 1.16 bits per heavy atom. The summed E-state index contributed by atoms with van der Waals surface area (Å²) >= 11 is 0. The molecule has 2 aromatic heterocycles. The van der Waals surface area contributed by atoms with Gasteiger partial charge in [0.25, 0.3) is 0 Å². The number of anilines is 3. The number of aromatic nitrogens is 3. The summed E-state index contributed by atoms with van der Waals surface area (Å²) < 4.78 is 27.7. The first-order chi connectivity index (χ1) is 15.3. The molecule has 1 aromatic carbocycles. The molecule has 1 aliphatic rings. The minimum Gasteiger partial charge on any atom is -0.367 e. The van der Waals surface area contributed by atoms with E-state index in [9.17, 15) is 8.42 Å². The predicted octanol–water partition coefficient (Wildman–Crippen LogP) is 2.97. The first kappa shape index (κ1) is 22.5. The molecular weight excluding hydrogens is 426 g/mol. The summed E-state index contributed by atoms with van der Waals surface area (Å²) in [5, 5.41) is 11.4. The summed E-state index contributed by atoms with van der Waals surface area (Å²) in [6.07, 6.45) is 6.75. The Labute approximate surface area is 189 Å². The van der Waals surface area contributed by atoms with Crippen LogP contribution in [0, 0.1) is 0 Å². The van der Waals surface area contributed by atoms with Gasteiger partial charge in [-0.25, -0.2) is 17.7 Å². The molecule has 1 fully saturated rings. The van der Waals surface area contributed by atoms with E-state index in [4.69, 9.17) is 10.7 Å². The number of rotatable bonds is 7. The average Bonchev–Trinajstić information content (AvgIpc) is 3.19. The summed E-state index contributed by atoms with van der Waals surface area (Å²) in [5.74, 6) is 1.55. The summed E-state index contributed by atoms with van der Waals surface area (Å²) in [4.78, 5) is 5.07. The number of nitrogens with two attached hydrogens (primary N) is 1. The highest BCUT2D eigenvalue weighted by atomic mass is 32.2. The molecule has 0 spiro atoms. The average molecular weight is 458 g/mol. The standard InChI is InChI=1S/C22H31N7O2S/c1-4-15-14-24-29-21(26-18-9-11-19(12-10-18)32(30,31)28(2)3)13-20(27-22(15)29)25-17-7-5-16(23)6-8-17/h9-14,16-17,26H,4-8,23H2,1-3H3,(H,25,27). The summed E-state index contributed by atoms with van der Waals surface area (Å²) in [6, 6.07) is 9.29. The van der Waals surface area contributed by atoms with Crippen LogP contribution in [0.2, 0.25) is 0 Å². The Kier molecular flexibility index (Phi) is 6.36. The molecule has 10 heteroatoms. The van der Waals surface area contributed by atoms with E-state index >= 15 is 0 Å². The van der Waals surface area contributed by atoms with Crippen LogP contribution in [0.15, 0.2) is 41.4 Å². The highest BCUT2D eigenvalue weighted by Crippen LogP contribution is 2.26. The number of fused-ring (bicyclic) bond motifs is 1. The number of sulfonamides is 1. The van der Waals surface area contributed by atoms with E-state index in [2.05, 4.69) is 22.7 Å². The minimum atomic E-state index is -3.47. The smallest absolute Gasteiger partial charge is 0.242 e. The van der Waals surface area contributed by atoms with E-state index < -0.39 is 10.0 Å². The fourth-order valence-electron chi connectivity index (χ4n) is 3.96. The van der Waals surface area contributed by atoms with Crippen LogP contribution in [-0.4, -0.2) is 53.5 Å². The Morgan fingerprint density at radius 3 is 2.47 bits per heavy atom. The maximum Gasteiger partial charge on any atom is 0.242 e. The number of nitrogens with zero attached hydrogens (tertiary/aromatic N) is 4. The second kappa shape index (κ2) is 9.05. The zero-order valence-electron chi connectivity index (χ0n) is 18.7. The van der Waals surface area contributed by atoms with Crippen LogP contribution in [0.4, 0.5) is 17.3 Å². The number of hydrogen-bond acceptors (Lipinski definition) is 7. The van der Waals surface area contributed by atoms with Gasteiger partial charge in [-0.1, -0.05) is 6.92 Å². The lowest BCUT2D eigenvalue weighted by Gasteiger charge is -2.27. The molecule has 1 saturated carbocycles. The molecule has 0 atom stereocenters. The quantitative estimate of drug-likeness (QED) is 0.499. The Balaban J connectivity index is 1.63. The number of aryl methyl sites for hydroxylation is 1. The van der Waals surface area contributed by atoms with Crippen molar-refractivity contribution >= 4 is 33.0 Å². The van der Waals surface area contributed by atoms with Crippen molar-refractivity contribution in [2.75, 3.05) is 24.7 Å². The Bertz CT molecular complexity index is 1180. The van der Waals surface area contributed by atoms with E-state index in [1.807, 2.05) is 12.3 Å². The molecular formula is C22H31N7O2S. The molecule has 0 radical (unpaired) electrons. The largest absolute Gasteiger partial charge is 0.367 e. The lowest BCUT2D eigenvalue weighted by Crippen LogP contribution is -2.33. The Morgan fingerprint density at radius 2 is 1.84 bits per heavy atom. The van der Waals surface area contributed by atoms with Crippen molar-refractivity contribution in [1.82, 2.24) is 18.9 Å². The third-order valence-corrected chi connectivity index (χ3v) is 7.78. The first-order valence-electron chi connectivity index (χ1n) is 11.0. The molecule has 172 valence electrons. The highest BCUT2D eigenvalue weighted by molar-refractivity contribution is 7.89. The van der Waals surface area contributed by atoms with Gasteiger partial charge in [0.1, 0.15) is 11.6 Å². The summed E-state index contributed by atoms with van der Waals surface area (Å²) in [5.41, 5.74) is 8.68. The highest BCUT2D eigenvalue weighted by Gasteiger charge is 2.20. The van der Waals surface area contributed by atoms with Gasteiger partial charge in [-0.05, 0) is 56.4 Å². The van der Waals surface area contributed by atoms with E-state index in [0.717, 1.165) is 60.6 Å². The predicted molar refractivity (Wildman–Crippen MR) is 127 cm³/mol. The first-order valence-corrected chi connectivity index (χ1v) is 12.4. The van der Waals surface area contributed by atoms with E-state index in [0.29, 0.717) is 12.1 Å². The molecule has 0 aliphatic heterocycles. The third-order valence-electron chi connectivity index (χ3n) is 5.95. The number of nitrogens with one attached hydrogen (secondary N) is 2.